The van der Waals surface area contributed by atoms with Crippen LogP contribution in [0.25, 0.3) is 0 Å². The summed E-state index contributed by atoms with van der Waals surface area (Å²) in [6.45, 7) is 10.1. The summed E-state index contributed by atoms with van der Waals surface area (Å²) in [5.41, 5.74) is 0.182. The maximum atomic E-state index is 12.3. The van der Waals surface area contributed by atoms with E-state index >= 15 is 0 Å². The van der Waals surface area contributed by atoms with E-state index in [0.717, 1.165) is 6.08 Å². The zero-order valence-corrected chi connectivity index (χ0v) is 7.93. The molecular weight excluding hydrogens is 169 g/mol. The van der Waals surface area contributed by atoms with Gasteiger partial charge in [0.15, 0.2) is 0 Å². The van der Waals surface area contributed by atoms with E-state index in [1.807, 2.05) is 13.8 Å². The first-order valence-electron chi connectivity index (χ1n) is 3.96. The Kier molecular flexibility index (Phi) is 4.74. The summed E-state index contributed by atoms with van der Waals surface area (Å²) in [5, 5.41) is 2.61. The normalized spacial score (nSPS) is 11.2. The quantitative estimate of drug-likeness (QED) is 0.525. The predicted molar refractivity (Wildman–Crippen MR) is 51.8 cm³/mol. The number of carbonyl (C=O) groups excluding carboxylic acids is 1. The molecule has 3 heteroatoms. The fraction of sp³-hybridized carbons (Fsp3) is 0.300. The molecule has 0 aliphatic rings. The molecule has 0 spiro atoms. The molecule has 0 heterocycles. The number of carbonyl (C=O) groups is 1. The molecule has 13 heavy (non-hydrogen) atoms. The Labute approximate surface area is 77.8 Å². The summed E-state index contributed by atoms with van der Waals surface area (Å²) < 4.78 is 12.3. The van der Waals surface area contributed by atoms with Gasteiger partial charge in [-0.2, -0.15) is 0 Å². The molecule has 1 amide bonds. The molecule has 0 bridgehead atoms. The number of hydrogen-bond acceptors (Lipinski definition) is 1. The van der Waals surface area contributed by atoms with Gasteiger partial charge < -0.3 is 5.32 Å². The maximum Gasteiger partial charge on any atom is 0.251 e. The van der Waals surface area contributed by atoms with Crippen LogP contribution in [-0.2, 0) is 4.79 Å². The lowest BCUT2D eigenvalue weighted by Crippen LogP contribution is -2.30. The van der Waals surface area contributed by atoms with Gasteiger partial charge in [-0.1, -0.05) is 19.2 Å². The van der Waals surface area contributed by atoms with Crippen LogP contribution in [0.3, 0.4) is 0 Å². The van der Waals surface area contributed by atoms with Crippen LogP contribution in [-0.4, -0.2) is 11.9 Å². The number of rotatable bonds is 4. The number of amides is 1. The molecule has 0 unspecified atom stereocenters. The molecule has 0 aliphatic carbocycles. The van der Waals surface area contributed by atoms with Crippen LogP contribution in [0.5, 0.6) is 0 Å². The minimum Gasteiger partial charge on any atom is -0.350 e. The summed E-state index contributed by atoms with van der Waals surface area (Å²) in [7, 11) is 0. The lowest BCUT2D eigenvalue weighted by Gasteiger charge is -2.08. The number of halogens is 1. The Bertz CT molecular complexity index is 254. The zero-order valence-electron chi connectivity index (χ0n) is 7.93. The largest absolute Gasteiger partial charge is 0.350 e. The van der Waals surface area contributed by atoms with Crippen molar-refractivity contribution < 1.29 is 9.18 Å². The van der Waals surface area contributed by atoms with E-state index in [-0.39, 0.29) is 17.5 Å². The first kappa shape index (κ1) is 11.6. The molecule has 72 valence electrons. The van der Waals surface area contributed by atoms with Crippen molar-refractivity contribution >= 4 is 5.91 Å². The molecule has 0 aromatic heterocycles. The molecule has 0 aromatic carbocycles. The fourth-order valence-electron chi connectivity index (χ4n) is 0.731. The lowest BCUT2D eigenvalue weighted by molar-refractivity contribution is -0.117. The zero-order chi connectivity index (χ0) is 10.4. The molecular formula is C10H14FNO. The topological polar surface area (TPSA) is 29.1 Å². The summed E-state index contributed by atoms with van der Waals surface area (Å²) in [5.74, 6) is -1.00. The van der Waals surface area contributed by atoms with E-state index in [0.29, 0.717) is 0 Å². The van der Waals surface area contributed by atoms with E-state index in [1.165, 1.54) is 6.08 Å². The van der Waals surface area contributed by atoms with Gasteiger partial charge in [0.1, 0.15) is 5.83 Å². The van der Waals surface area contributed by atoms with Gasteiger partial charge in [-0.05, 0) is 19.9 Å². The first-order chi connectivity index (χ1) is 5.97. The maximum absolute atomic E-state index is 12.3. The highest BCUT2D eigenvalue weighted by molar-refractivity contribution is 5.96. The highest BCUT2D eigenvalue weighted by atomic mass is 19.1. The Balaban J connectivity index is 4.50. The van der Waals surface area contributed by atoms with E-state index < -0.39 is 5.83 Å². The van der Waals surface area contributed by atoms with E-state index in [9.17, 15) is 9.18 Å². The van der Waals surface area contributed by atoms with Crippen molar-refractivity contribution in [2.45, 2.75) is 19.9 Å². The highest BCUT2D eigenvalue weighted by Gasteiger charge is 2.06. The summed E-state index contributed by atoms with van der Waals surface area (Å²) in [6.07, 6.45) is 2.34. The third-order valence-corrected chi connectivity index (χ3v) is 1.21. The van der Waals surface area contributed by atoms with Crippen molar-refractivity contribution in [2.24, 2.45) is 0 Å². The molecule has 0 fully saturated rings. The third-order valence-electron chi connectivity index (χ3n) is 1.21. The Morgan fingerprint density at radius 2 is 2.08 bits per heavy atom. The average molecular weight is 183 g/mol. The van der Waals surface area contributed by atoms with Crippen LogP contribution in [0.4, 0.5) is 4.39 Å². The predicted octanol–water partition coefficient (Wildman–Crippen LogP) is 2.11. The number of allylic oxidation sites excluding steroid dienone is 2. The molecule has 0 saturated carbocycles. The Morgan fingerprint density at radius 3 is 2.38 bits per heavy atom. The van der Waals surface area contributed by atoms with Gasteiger partial charge in [0.25, 0.3) is 5.91 Å². The summed E-state index contributed by atoms with van der Waals surface area (Å²) >= 11 is 0. The van der Waals surface area contributed by atoms with Crippen LogP contribution in [0, 0.1) is 0 Å². The molecule has 0 aliphatic heterocycles. The van der Waals surface area contributed by atoms with E-state index in [2.05, 4.69) is 18.5 Å². The van der Waals surface area contributed by atoms with E-state index in [4.69, 9.17) is 0 Å². The van der Waals surface area contributed by atoms with Gasteiger partial charge in [0.2, 0.25) is 0 Å². The molecule has 0 radical (unpaired) electrons. The highest BCUT2D eigenvalue weighted by Crippen LogP contribution is 2.03. The van der Waals surface area contributed by atoms with Gasteiger partial charge in [0, 0.05) is 11.6 Å². The molecule has 0 saturated heterocycles. The molecule has 0 rings (SSSR count). The minimum absolute atomic E-state index is 0.0173. The Hall–Kier alpha value is -1.38. The number of nitrogens with one attached hydrogen (secondary N) is 1. The fourth-order valence-corrected chi connectivity index (χ4v) is 0.731. The van der Waals surface area contributed by atoms with Crippen molar-refractivity contribution in [2.75, 3.05) is 0 Å². The van der Waals surface area contributed by atoms with Crippen LogP contribution < -0.4 is 5.32 Å². The smallest absolute Gasteiger partial charge is 0.251 e. The van der Waals surface area contributed by atoms with Gasteiger partial charge in [0.05, 0.1) is 0 Å². The van der Waals surface area contributed by atoms with Crippen molar-refractivity contribution in [1.29, 1.82) is 0 Å². The van der Waals surface area contributed by atoms with Crippen molar-refractivity contribution in [3.05, 3.63) is 36.7 Å². The second kappa shape index (κ2) is 5.30. The van der Waals surface area contributed by atoms with E-state index in [1.54, 1.807) is 0 Å². The SMILES string of the molecule is C=C/C(=C\C(=C)F)C(=O)NC(C)C. The van der Waals surface area contributed by atoms with Crippen molar-refractivity contribution in [3.63, 3.8) is 0 Å². The lowest BCUT2D eigenvalue weighted by atomic mass is 10.2. The molecule has 1 N–H and O–H groups in total. The van der Waals surface area contributed by atoms with Crippen molar-refractivity contribution in [3.8, 4) is 0 Å². The summed E-state index contributed by atoms with van der Waals surface area (Å²) in [4.78, 5) is 11.3. The monoisotopic (exact) mass is 183 g/mol. The van der Waals surface area contributed by atoms with Gasteiger partial charge in [-0.25, -0.2) is 4.39 Å². The number of hydrogen-bond donors (Lipinski definition) is 1. The van der Waals surface area contributed by atoms with Gasteiger partial charge in [-0.3, -0.25) is 4.79 Å². The van der Waals surface area contributed by atoms with Crippen LogP contribution in [0.1, 0.15) is 13.8 Å². The van der Waals surface area contributed by atoms with Crippen LogP contribution >= 0.6 is 0 Å². The van der Waals surface area contributed by atoms with Gasteiger partial charge >= 0.3 is 0 Å². The Morgan fingerprint density at radius 1 is 1.54 bits per heavy atom. The average Bonchev–Trinajstić information content (AvgIpc) is 1.98. The van der Waals surface area contributed by atoms with Crippen LogP contribution in [0.15, 0.2) is 36.7 Å². The minimum atomic E-state index is -0.659. The molecule has 0 aromatic rings. The van der Waals surface area contributed by atoms with Crippen molar-refractivity contribution in [1.82, 2.24) is 5.32 Å². The second-order valence-electron chi connectivity index (χ2n) is 2.88. The van der Waals surface area contributed by atoms with Gasteiger partial charge in [-0.15, -0.1) is 0 Å². The first-order valence-corrected chi connectivity index (χ1v) is 3.96. The van der Waals surface area contributed by atoms with Crippen LogP contribution in [0.2, 0.25) is 0 Å². The third kappa shape index (κ3) is 4.95. The molecule has 2 nitrogen and oxygen atoms in total. The summed E-state index contributed by atoms with van der Waals surface area (Å²) in [6, 6.07) is 0.0173. The standard InChI is InChI=1S/C10H14FNO/c1-5-9(6-8(4)11)10(13)12-7(2)3/h5-7H,1,4H2,2-3H3,(H,12,13)/b9-6+. The molecule has 0 atom stereocenters. The second-order valence-corrected chi connectivity index (χ2v) is 2.88.